The fourth-order valence-electron chi connectivity index (χ4n) is 0.394. The molecule has 1 nitrogen and oxygen atoms in total. The van der Waals surface area contributed by atoms with Crippen LogP contribution < -0.4 is 0 Å². The summed E-state index contributed by atoms with van der Waals surface area (Å²) in [5, 5.41) is 0. The normalized spacial score (nSPS) is 11.5. The van der Waals surface area contributed by atoms with Gasteiger partial charge >= 0.3 is 6.11 Å². The highest BCUT2D eigenvalue weighted by atomic mass is 19.3. The number of halogens is 2. The van der Waals surface area contributed by atoms with E-state index in [2.05, 4.69) is 11.3 Å². The van der Waals surface area contributed by atoms with E-state index in [1.165, 1.54) is 6.92 Å². The molecule has 60 valence electrons. The first kappa shape index (κ1) is 9.56. The van der Waals surface area contributed by atoms with Crippen molar-refractivity contribution in [1.82, 2.24) is 0 Å². The van der Waals surface area contributed by atoms with Crippen molar-refractivity contribution in [1.29, 1.82) is 0 Å². The van der Waals surface area contributed by atoms with Crippen LogP contribution in [0.15, 0.2) is 12.7 Å². The molecule has 0 aromatic heterocycles. The van der Waals surface area contributed by atoms with Gasteiger partial charge in [0.2, 0.25) is 0 Å². The second-order valence-corrected chi connectivity index (χ2v) is 1.92. The van der Waals surface area contributed by atoms with Crippen LogP contribution in [0.5, 0.6) is 0 Å². The average Bonchev–Trinajstić information content (AvgIpc) is 1.89. The van der Waals surface area contributed by atoms with Gasteiger partial charge in [0.25, 0.3) is 0 Å². The second kappa shape index (κ2) is 4.39. The third-order valence-corrected chi connectivity index (χ3v) is 1.05. The lowest BCUT2D eigenvalue weighted by molar-refractivity contribution is -0.238. The Kier molecular flexibility index (Phi) is 4.19. The van der Waals surface area contributed by atoms with Crippen LogP contribution in [0.3, 0.4) is 0 Å². The quantitative estimate of drug-likeness (QED) is 0.432. The van der Waals surface area contributed by atoms with Gasteiger partial charge < -0.3 is 4.74 Å². The van der Waals surface area contributed by atoms with Gasteiger partial charge in [0, 0.05) is 6.42 Å². The molecule has 0 radical (unpaired) electrons. The predicted molar refractivity (Wildman–Crippen MR) is 36.0 cm³/mol. The Morgan fingerprint density at radius 2 is 2.20 bits per heavy atom. The summed E-state index contributed by atoms with van der Waals surface area (Å²) in [6.45, 7) is 4.81. The maximum atomic E-state index is 12.2. The minimum Gasteiger partial charge on any atom is -0.320 e. The van der Waals surface area contributed by atoms with Crippen LogP contribution in [0.1, 0.15) is 19.8 Å². The molecule has 10 heavy (non-hydrogen) atoms. The van der Waals surface area contributed by atoms with Crippen LogP contribution in [-0.2, 0) is 4.74 Å². The van der Waals surface area contributed by atoms with Gasteiger partial charge in [-0.1, -0.05) is 13.0 Å². The van der Waals surface area contributed by atoms with Crippen LogP contribution in [-0.4, -0.2) is 12.7 Å². The lowest BCUT2D eigenvalue weighted by atomic mass is 10.4. The van der Waals surface area contributed by atoms with E-state index in [0.29, 0.717) is 6.42 Å². The van der Waals surface area contributed by atoms with Crippen molar-refractivity contribution in [2.75, 3.05) is 6.61 Å². The molecule has 0 saturated heterocycles. The zero-order valence-electron chi connectivity index (χ0n) is 6.07. The molecule has 0 aromatic carbocycles. The summed E-state index contributed by atoms with van der Waals surface area (Å²) in [5.74, 6) is 0. The molecule has 3 heteroatoms. The molecule has 0 heterocycles. The SMILES string of the molecule is C=CCCOC(F)(F)CC. The van der Waals surface area contributed by atoms with Gasteiger partial charge in [-0.2, -0.15) is 8.78 Å². The molecule has 0 aliphatic heterocycles. The van der Waals surface area contributed by atoms with E-state index >= 15 is 0 Å². The molecule has 0 rings (SSSR count). The highest BCUT2D eigenvalue weighted by molar-refractivity contribution is 4.65. The molecule has 0 N–H and O–H groups in total. The van der Waals surface area contributed by atoms with Gasteiger partial charge in [-0.05, 0) is 6.42 Å². The van der Waals surface area contributed by atoms with E-state index in [0.717, 1.165) is 0 Å². The van der Waals surface area contributed by atoms with Crippen LogP contribution in [0, 0.1) is 0 Å². The smallest absolute Gasteiger partial charge is 0.320 e. The molecular weight excluding hydrogens is 138 g/mol. The van der Waals surface area contributed by atoms with Crippen LogP contribution in [0.2, 0.25) is 0 Å². The van der Waals surface area contributed by atoms with Crippen molar-refractivity contribution in [2.45, 2.75) is 25.9 Å². The maximum absolute atomic E-state index is 12.2. The average molecular weight is 150 g/mol. The monoisotopic (exact) mass is 150 g/mol. The van der Waals surface area contributed by atoms with Crippen molar-refractivity contribution in [3.63, 3.8) is 0 Å². The van der Waals surface area contributed by atoms with Crippen molar-refractivity contribution in [3.05, 3.63) is 12.7 Å². The van der Waals surface area contributed by atoms with Crippen molar-refractivity contribution >= 4 is 0 Å². The summed E-state index contributed by atoms with van der Waals surface area (Å²) < 4.78 is 28.7. The molecule has 0 saturated carbocycles. The number of alkyl halides is 2. The molecule has 0 atom stereocenters. The number of hydrogen-bond acceptors (Lipinski definition) is 1. The third-order valence-electron chi connectivity index (χ3n) is 1.05. The van der Waals surface area contributed by atoms with Crippen LogP contribution in [0.4, 0.5) is 8.78 Å². The molecule has 0 bridgehead atoms. The van der Waals surface area contributed by atoms with Crippen molar-refractivity contribution < 1.29 is 13.5 Å². The highest BCUT2D eigenvalue weighted by Crippen LogP contribution is 2.18. The van der Waals surface area contributed by atoms with Gasteiger partial charge in [0.15, 0.2) is 0 Å². The van der Waals surface area contributed by atoms with Gasteiger partial charge in [-0.3, -0.25) is 0 Å². The van der Waals surface area contributed by atoms with Gasteiger partial charge in [-0.25, -0.2) is 0 Å². The van der Waals surface area contributed by atoms with Gasteiger partial charge in [-0.15, -0.1) is 6.58 Å². The minimum atomic E-state index is -2.96. The van der Waals surface area contributed by atoms with Crippen LogP contribution >= 0.6 is 0 Å². The zero-order chi connectivity index (χ0) is 8.04. The van der Waals surface area contributed by atoms with E-state index in [-0.39, 0.29) is 13.0 Å². The number of ether oxygens (including phenoxy) is 1. The van der Waals surface area contributed by atoms with Crippen molar-refractivity contribution in [3.8, 4) is 0 Å². The molecular formula is C7H12F2O. The fraction of sp³-hybridized carbons (Fsp3) is 0.714. The largest absolute Gasteiger partial charge is 0.355 e. The summed E-state index contributed by atoms with van der Waals surface area (Å²) in [6.07, 6.45) is -1.21. The van der Waals surface area contributed by atoms with Crippen molar-refractivity contribution in [2.24, 2.45) is 0 Å². The lowest BCUT2D eigenvalue weighted by Gasteiger charge is -2.13. The summed E-state index contributed by atoms with van der Waals surface area (Å²) in [4.78, 5) is 0. The summed E-state index contributed by atoms with van der Waals surface area (Å²) in [5.41, 5.74) is 0. The second-order valence-electron chi connectivity index (χ2n) is 1.92. The summed E-state index contributed by atoms with van der Waals surface area (Å²) >= 11 is 0. The van der Waals surface area contributed by atoms with E-state index in [1.807, 2.05) is 0 Å². The molecule has 0 aliphatic carbocycles. The minimum absolute atomic E-state index is 0.0460. The molecule has 0 aliphatic rings. The Bertz CT molecular complexity index is 102. The van der Waals surface area contributed by atoms with E-state index in [4.69, 9.17) is 0 Å². The third kappa shape index (κ3) is 4.44. The number of rotatable bonds is 5. The standard InChI is InChI=1S/C7H12F2O/c1-3-5-6-10-7(8,9)4-2/h3H,1,4-6H2,2H3. The van der Waals surface area contributed by atoms with E-state index in [9.17, 15) is 8.78 Å². The maximum Gasteiger partial charge on any atom is 0.355 e. The van der Waals surface area contributed by atoms with E-state index in [1.54, 1.807) is 6.08 Å². The van der Waals surface area contributed by atoms with Crippen LogP contribution in [0.25, 0.3) is 0 Å². The highest BCUT2D eigenvalue weighted by Gasteiger charge is 2.25. The Morgan fingerprint density at radius 3 is 2.60 bits per heavy atom. The molecule has 0 fully saturated rings. The lowest BCUT2D eigenvalue weighted by Crippen LogP contribution is -2.19. The first-order valence-electron chi connectivity index (χ1n) is 3.25. The predicted octanol–water partition coefficient (Wildman–Crippen LogP) is 2.58. The van der Waals surface area contributed by atoms with Gasteiger partial charge in [0.1, 0.15) is 0 Å². The van der Waals surface area contributed by atoms with Gasteiger partial charge in [0.05, 0.1) is 6.61 Å². The first-order chi connectivity index (χ1) is 4.62. The molecule has 0 unspecified atom stereocenters. The Morgan fingerprint density at radius 1 is 1.60 bits per heavy atom. The topological polar surface area (TPSA) is 9.23 Å². The fourth-order valence-corrected chi connectivity index (χ4v) is 0.394. The first-order valence-corrected chi connectivity index (χ1v) is 3.25. The summed E-state index contributed by atoms with van der Waals surface area (Å²) in [7, 11) is 0. The van der Waals surface area contributed by atoms with E-state index < -0.39 is 6.11 Å². The molecule has 0 aromatic rings. The molecule has 0 amide bonds. The summed E-state index contributed by atoms with van der Waals surface area (Å²) in [6, 6.07) is 0. The Balaban J connectivity index is 3.36. The molecule has 0 spiro atoms. The Labute approximate surface area is 59.7 Å². The zero-order valence-corrected chi connectivity index (χ0v) is 6.07. The Hall–Kier alpha value is -0.440. The number of hydrogen-bond donors (Lipinski definition) is 0.